The van der Waals surface area contributed by atoms with Crippen LogP contribution in [-0.2, 0) is 0 Å². The normalized spacial score (nSPS) is 11.9. The SMILES string of the molecule is C=C(N=C(C)/C=C\C)c1ccc(N)c(OC)c1C. The van der Waals surface area contributed by atoms with Crippen LogP contribution in [-0.4, -0.2) is 12.8 Å². The largest absolute Gasteiger partial charge is 0.494 e. The van der Waals surface area contributed by atoms with Gasteiger partial charge in [0.05, 0.1) is 18.5 Å². The van der Waals surface area contributed by atoms with Crippen molar-refractivity contribution >= 4 is 17.1 Å². The van der Waals surface area contributed by atoms with Crippen LogP contribution in [0, 0.1) is 6.92 Å². The number of anilines is 1. The first-order valence-corrected chi connectivity index (χ1v) is 5.81. The molecule has 0 aliphatic heterocycles. The first-order valence-electron chi connectivity index (χ1n) is 5.81. The van der Waals surface area contributed by atoms with Gasteiger partial charge in [-0.05, 0) is 32.9 Å². The Balaban J connectivity index is 3.19. The number of hydrogen-bond acceptors (Lipinski definition) is 3. The number of benzene rings is 1. The molecule has 3 nitrogen and oxygen atoms in total. The van der Waals surface area contributed by atoms with E-state index in [4.69, 9.17) is 10.5 Å². The maximum absolute atomic E-state index is 5.85. The summed E-state index contributed by atoms with van der Waals surface area (Å²) in [5.41, 5.74) is 10.0. The van der Waals surface area contributed by atoms with Crippen molar-refractivity contribution in [1.29, 1.82) is 0 Å². The second-order valence-electron chi connectivity index (χ2n) is 4.06. The molecule has 0 aliphatic carbocycles. The number of nitrogen functional groups attached to an aromatic ring is 1. The van der Waals surface area contributed by atoms with Crippen LogP contribution >= 0.6 is 0 Å². The van der Waals surface area contributed by atoms with Gasteiger partial charge in [0.15, 0.2) is 0 Å². The minimum Gasteiger partial charge on any atom is -0.494 e. The van der Waals surface area contributed by atoms with Crippen LogP contribution < -0.4 is 10.5 Å². The topological polar surface area (TPSA) is 47.6 Å². The van der Waals surface area contributed by atoms with E-state index in [9.17, 15) is 0 Å². The third-order valence-corrected chi connectivity index (χ3v) is 2.67. The molecule has 18 heavy (non-hydrogen) atoms. The first kappa shape index (κ1) is 14.0. The zero-order chi connectivity index (χ0) is 13.7. The third kappa shape index (κ3) is 3.00. The molecule has 1 aromatic rings. The monoisotopic (exact) mass is 244 g/mol. The lowest BCUT2D eigenvalue weighted by atomic mass is 10.0. The van der Waals surface area contributed by atoms with Gasteiger partial charge in [0, 0.05) is 16.8 Å². The molecule has 0 spiro atoms. The smallest absolute Gasteiger partial charge is 0.145 e. The molecule has 0 atom stereocenters. The van der Waals surface area contributed by atoms with Gasteiger partial charge in [0.25, 0.3) is 0 Å². The molecule has 0 bridgehead atoms. The van der Waals surface area contributed by atoms with Crippen molar-refractivity contribution in [3.8, 4) is 5.75 Å². The Bertz CT molecular complexity index is 513. The lowest BCUT2D eigenvalue weighted by Crippen LogP contribution is -1.98. The van der Waals surface area contributed by atoms with E-state index < -0.39 is 0 Å². The molecule has 1 aromatic carbocycles. The summed E-state index contributed by atoms with van der Waals surface area (Å²) >= 11 is 0. The number of methoxy groups -OCH3 is 1. The molecule has 0 radical (unpaired) electrons. The maximum Gasteiger partial charge on any atom is 0.145 e. The van der Waals surface area contributed by atoms with Gasteiger partial charge in [-0.3, -0.25) is 4.99 Å². The van der Waals surface area contributed by atoms with E-state index in [0.717, 1.165) is 16.8 Å². The van der Waals surface area contributed by atoms with Crippen LogP contribution in [0.4, 0.5) is 5.69 Å². The minimum atomic E-state index is 0.626. The van der Waals surface area contributed by atoms with Crippen LogP contribution in [0.25, 0.3) is 5.70 Å². The van der Waals surface area contributed by atoms with E-state index in [0.29, 0.717) is 17.1 Å². The van der Waals surface area contributed by atoms with E-state index in [1.54, 1.807) is 7.11 Å². The van der Waals surface area contributed by atoms with Crippen LogP contribution in [0.1, 0.15) is 25.0 Å². The molecular weight excluding hydrogens is 224 g/mol. The summed E-state index contributed by atoms with van der Waals surface area (Å²) in [5.74, 6) is 0.688. The predicted molar refractivity (Wildman–Crippen MR) is 79.1 cm³/mol. The zero-order valence-electron chi connectivity index (χ0n) is 11.4. The quantitative estimate of drug-likeness (QED) is 0.650. The predicted octanol–water partition coefficient (Wildman–Crippen LogP) is 3.59. The molecule has 0 heterocycles. The van der Waals surface area contributed by atoms with Crippen molar-refractivity contribution < 1.29 is 4.74 Å². The van der Waals surface area contributed by atoms with Gasteiger partial charge in [0.2, 0.25) is 0 Å². The molecule has 0 saturated carbocycles. The average Bonchev–Trinajstić information content (AvgIpc) is 2.29. The van der Waals surface area contributed by atoms with E-state index in [2.05, 4.69) is 11.6 Å². The van der Waals surface area contributed by atoms with Crippen LogP contribution in [0.3, 0.4) is 0 Å². The van der Waals surface area contributed by atoms with Crippen molar-refractivity contribution in [2.24, 2.45) is 4.99 Å². The summed E-state index contributed by atoms with van der Waals surface area (Å²) in [6.45, 7) is 9.85. The number of ether oxygens (including phenoxy) is 1. The number of rotatable bonds is 4. The molecular formula is C15H20N2O. The van der Waals surface area contributed by atoms with Crippen molar-refractivity contribution in [1.82, 2.24) is 0 Å². The molecule has 0 unspecified atom stereocenters. The van der Waals surface area contributed by atoms with Crippen molar-refractivity contribution in [3.63, 3.8) is 0 Å². The summed E-state index contributed by atoms with van der Waals surface area (Å²) < 4.78 is 5.29. The Morgan fingerprint density at radius 1 is 1.44 bits per heavy atom. The minimum absolute atomic E-state index is 0.626. The fourth-order valence-corrected chi connectivity index (χ4v) is 1.85. The fraction of sp³-hybridized carbons (Fsp3) is 0.267. The highest BCUT2D eigenvalue weighted by Crippen LogP contribution is 2.32. The van der Waals surface area contributed by atoms with Gasteiger partial charge in [0.1, 0.15) is 5.75 Å². The highest BCUT2D eigenvalue weighted by Gasteiger charge is 2.10. The Morgan fingerprint density at radius 3 is 2.67 bits per heavy atom. The summed E-state index contributed by atoms with van der Waals surface area (Å²) in [7, 11) is 1.61. The molecule has 0 aliphatic rings. The Hall–Kier alpha value is -2.03. The van der Waals surface area contributed by atoms with E-state index in [1.165, 1.54) is 0 Å². The van der Waals surface area contributed by atoms with Gasteiger partial charge >= 0.3 is 0 Å². The highest BCUT2D eigenvalue weighted by atomic mass is 16.5. The summed E-state index contributed by atoms with van der Waals surface area (Å²) in [6.07, 6.45) is 3.89. The number of allylic oxidation sites excluding steroid dienone is 2. The van der Waals surface area contributed by atoms with Crippen molar-refractivity contribution in [2.75, 3.05) is 12.8 Å². The summed E-state index contributed by atoms with van der Waals surface area (Å²) in [6, 6.07) is 3.73. The third-order valence-electron chi connectivity index (χ3n) is 2.67. The number of aliphatic imine (C=N–C) groups is 1. The van der Waals surface area contributed by atoms with Crippen LogP contribution in [0.5, 0.6) is 5.75 Å². The molecule has 2 N–H and O–H groups in total. The molecule has 0 aromatic heterocycles. The number of nitrogens with two attached hydrogens (primary N) is 1. The van der Waals surface area contributed by atoms with E-state index in [-0.39, 0.29) is 0 Å². The maximum atomic E-state index is 5.85. The Kier molecular flexibility index (Phi) is 4.72. The number of hydrogen-bond donors (Lipinski definition) is 1. The zero-order valence-corrected chi connectivity index (χ0v) is 11.4. The summed E-state index contributed by atoms with van der Waals surface area (Å²) in [5, 5.41) is 0. The van der Waals surface area contributed by atoms with Gasteiger partial charge < -0.3 is 10.5 Å². The second-order valence-corrected chi connectivity index (χ2v) is 4.06. The van der Waals surface area contributed by atoms with Gasteiger partial charge in [-0.2, -0.15) is 0 Å². The van der Waals surface area contributed by atoms with Crippen molar-refractivity contribution in [3.05, 3.63) is 42.0 Å². The number of nitrogens with zero attached hydrogens (tertiary/aromatic N) is 1. The second kappa shape index (κ2) is 6.05. The molecule has 96 valence electrons. The van der Waals surface area contributed by atoms with E-state index in [1.807, 2.05) is 45.1 Å². The average molecular weight is 244 g/mol. The fourth-order valence-electron chi connectivity index (χ4n) is 1.85. The molecule has 0 saturated heterocycles. The van der Waals surface area contributed by atoms with Crippen LogP contribution in [0.15, 0.2) is 35.9 Å². The van der Waals surface area contributed by atoms with Gasteiger partial charge in [-0.15, -0.1) is 0 Å². The highest BCUT2D eigenvalue weighted by molar-refractivity contribution is 5.96. The van der Waals surface area contributed by atoms with Gasteiger partial charge in [-0.25, -0.2) is 0 Å². The Morgan fingerprint density at radius 2 is 2.11 bits per heavy atom. The van der Waals surface area contributed by atoms with Crippen molar-refractivity contribution in [2.45, 2.75) is 20.8 Å². The molecule has 0 amide bonds. The summed E-state index contributed by atoms with van der Waals surface area (Å²) in [4.78, 5) is 4.44. The Labute approximate surface area is 109 Å². The molecule has 0 fully saturated rings. The van der Waals surface area contributed by atoms with Crippen LogP contribution in [0.2, 0.25) is 0 Å². The lowest BCUT2D eigenvalue weighted by molar-refractivity contribution is 0.414. The molecule has 3 heteroatoms. The lowest BCUT2D eigenvalue weighted by Gasteiger charge is -2.12. The standard InChI is InChI=1S/C15H20N2O/c1-6-7-10(2)17-12(4)13-8-9-14(16)15(18-5)11(13)3/h6-9H,4,16H2,1-3,5H3/b7-6-,17-10?. The van der Waals surface area contributed by atoms with E-state index >= 15 is 0 Å². The first-order chi connectivity index (χ1) is 8.51. The van der Waals surface area contributed by atoms with Gasteiger partial charge in [-0.1, -0.05) is 18.7 Å². The molecule has 1 rings (SSSR count).